The van der Waals surface area contributed by atoms with Crippen LogP contribution in [0.5, 0.6) is 5.75 Å². The number of nitrogens with one attached hydrogen (secondary N) is 1. The van der Waals surface area contributed by atoms with E-state index in [1.54, 1.807) is 12.1 Å². The molecule has 0 radical (unpaired) electrons. The standard InChI is InChI=1S/C28H20ClFN2O/c29-24-12-7-13-25(30)23(24)18-33-22-16-14-21(15-17-22)28-31-26(19-8-3-1-4-9-19)27(32-28)20-10-5-2-6-11-20/h1-17H,18H2,(H,31,32). The van der Waals surface area contributed by atoms with E-state index < -0.39 is 0 Å². The summed E-state index contributed by atoms with van der Waals surface area (Å²) in [5, 5.41) is 0.351. The fourth-order valence-corrected chi connectivity index (χ4v) is 3.88. The maximum atomic E-state index is 14.0. The Morgan fingerprint density at radius 1 is 0.727 bits per heavy atom. The molecule has 5 rings (SSSR count). The van der Waals surface area contributed by atoms with Gasteiger partial charge in [0.1, 0.15) is 24.0 Å². The topological polar surface area (TPSA) is 37.9 Å². The van der Waals surface area contributed by atoms with Gasteiger partial charge in [-0.05, 0) is 36.4 Å². The van der Waals surface area contributed by atoms with Crippen LogP contribution in [0, 0.1) is 5.82 Å². The van der Waals surface area contributed by atoms with Crippen LogP contribution >= 0.6 is 11.6 Å². The lowest BCUT2D eigenvalue weighted by atomic mass is 10.1. The van der Waals surface area contributed by atoms with E-state index in [-0.39, 0.29) is 12.4 Å². The number of aromatic nitrogens is 2. The van der Waals surface area contributed by atoms with Crippen molar-refractivity contribution in [3.8, 4) is 39.7 Å². The molecule has 0 fully saturated rings. The molecule has 0 aliphatic rings. The highest BCUT2D eigenvalue weighted by molar-refractivity contribution is 6.31. The van der Waals surface area contributed by atoms with Gasteiger partial charge in [-0.25, -0.2) is 9.37 Å². The maximum Gasteiger partial charge on any atom is 0.138 e. The summed E-state index contributed by atoms with van der Waals surface area (Å²) in [6.45, 7) is 0.0575. The van der Waals surface area contributed by atoms with Gasteiger partial charge in [0.15, 0.2) is 0 Å². The molecule has 0 atom stereocenters. The van der Waals surface area contributed by atoms with Crippen LogP contribution in [-0.4, -0.2) is 9.97 Å². The highest BCUT2D eigenvalue weighted by atomic mass is 35.5. The number of nitrogens with zero attached hydrogens (tertiary/aromatic N) is 1. The van der Waals surface area contributed by atoms with E-state index in [1.807, 2.05) is 60.7 Å². The minimum absolute atomic E-state index is 0.0575. The van der Waals surface area contributed by atoms with E-state index in [0.717, 1.165) is 33.9 Å². The molecule has 0 amide bonds. The van der Waals surface area contributed by atoms with E-state index in [0.29, 0.717) is 16.3 Å². The number of imidazole rings is 1. The quantitative estimate of drug-likeness (QED) is 0.284. The molecule has 1 aromatic heterocycles. The van der Waals surface area contributed by atoms with Crippen molar-refractivity contribution in [2.45, 2.75) is 6.61 Å². The summed E-state index contributed by atoms with van der Waals surface area (Å²) in [6.07, 6.45) is 0. The van der Waals surface area contributed by atoms with Crippen LogP contribution < -0.4 is 4.74 Å². The average Bonchev–Trinajstić information content (AvgIpc) is 3.31. The van der Waals surface area contributed by atoms with Crippen LogP contribution in [0.4, 0.5) is 4.39 Å². The van der Waals surface area contributed by atoms with Crippen molar-refractivity contribution in [2.24, 2.45) is 0 Å². The molecule has 1 N–H and O–H groups in total. The molecule has 1 heterocycles. The van der Waals surface area contributed by atoms with Crippen LogP contribution in [0.25, 0.3) is 33.9 Å². The third-order valence-corrected chi connectivity index (χ3v) is 5.74. The Kier molecular flexibility index (Phi) is 5.92. The second kappa shape index (κ2) is 9.31. The molecule has 162 valence electrons. The summed E-state index contributed by atoms with van der Waals surface area (Å²) in [7, 11) is 0. The van der Waals surface area contributed by atoms with Gasteiger partial charge in [-0.15, -0.1) is 0 Å². The fourth-order valence-electron chi connectivity index (χ4n) is 3.66. The van der Waals surface area contributed by atoms with Gasteiger partial charge in [0.25, 0.3) is 0 Å². The van der Waals surface area contributed by atoms with E-state index in [1.165, 1.54) is 6.07 Å². The molecule has 0 spiro atoms. The Hall–Kier alpha value is -3.89. The maximum absolute atomic E-state index is 14.0. The number of H-pyrrole nitrogens is 1. The first-order valence-electron chi connectivity index (χ1n) is 10.6. The Morgan fingerprint density at radius 3 is 2.06 bits per heavy atom. The second-order valence-electron chi connectivity index (χ2n) is 7.55. The zero-order chi connectivity index (χ0) is 22.6. The molecule has 3 nitrogen and oxygen atoms in total. The first-order valence-corrected chi connectivity index (χ1v) is 10.9. The van der Waals surface area contributed by atoms with E-state index in [9.17, 15) is 4.39 Å². The van der Waals surface area contributed by atoms with Gasteiger partial charge < -0.3 is 9.72 Å². The number of benzene rings is 4. The van der Waals surface area contributed by atoms with Gasteiger partial charge in [-0.3, -0.25) is 0 Å². The highest BCUT2D eigenvalue weighted by Crippen LogP contribution is 2.33. The molecular formula is C28H20ClFN2O. The predicted octanol–water partition coefficient (Wildman–Crippen LogP) is 7.78. The molecular weight excluding hydrogens is 435 g/mol. The molecule has 5 aromatic rings. The summed E-state index contributed by atoms with van der Waals surface area (Å²) in [5.74, 6) is 1.00. The smallest absolute Gasteiger partial charge is 0.138 e. The van der Waals surface area contributed by atoms with E-state index in [2.05, 4.69) is 29.2 Å². The summed E-state index contributed by atoms with van der Waals surface area (Å²) in [5.41, 5.74) is 5.23. The van der Waals surface area contributed by atoms with Crippen LogP contribution in [-0.2, 0) is 6.61 Å². The van der Waals surface area contributed by atoms with Crippen LogP contribution in [0.3, 0.4) is 0 Å². The van der Waals surface area contributed by atoms with Crippen molar-refractivity contribution < 1.29 is 9.13 Å². The molecule has 0 saturated carbocycles. The molecule has 33 heavy (non-hydrogen) atoms. The normalized spacial score (nSPS) is 10.8. The van der Waals surface area contributed by atoms with Gasteiger partial charge in [0, 0.05) is 22.3 Å². The van der Waals surface area contributed by atoms with Gasteiger partial charge in [-0.1, -0.05) is 78.3 Å². The second-order valence-corrected chi connectivity index (χ2v) is 7.96. The molecule has 0 saturated heterocycles. The lowest BCUT2D eigenvalue weighted by molar-refractivity contribution is 0.300. The van der Waals surface area contributed by atoms with Gasteiger partial charge in [-0.2, -0.15) is 0 Å². The van der Waals surface area contributed by atoms with Crippen molar-refractivity contribution in [1.29, 1.82) is 0 Å². The van der Waals surface area contributed by atoms with Crippen molar-refractivity contribution in [3.05, 3.63) is 120 Å². The van der Waals surface area contributed by atoms with Gasteiger partial charge >= 0.3 is 0 Å². The first-order chi connectivity index (χ1) is 16.2. The molecule has 4 aromatic carbocycles. The predicted molar refractivity (Wildman–Crippen MR) is 131 cm³/mol. The minimum Gasteiger partial charge on any atom is -0.489 e. The fraction of sp³-hybridized carbons (Fsp3) is 0.0357. The van der Waals surface area contributed by atoms with Crippen molar-refractivity contribution in [1.82, 2.24) is 9.97 Å². The largest absolute Gasteiger partial charge is 0.489 e. The van der Waals surface area contributed by atoms with Crippen LogP contribution in [0.1, 0.15) is 5.56 Å². The SMILES string of the molecule is Fc1cccc(Cl)c1COc1ccc(-c2nc(-c3ccccc3)c(-c3ccccc3)[nH]2)cc1. The Bertz CT molecular complexity index is 1290. The average molecular weight is 455 g/mol. The number of aromatic amines is 1. The Morgan fingerprint density at radius 2 is 1.39 bits per heavy atom. The van der Waals surface area contributed by atoms with E-state index in [4.69, 9.17) is 21.3 Å². The summed E-state index contributed by atoms with van der Waals surface area (Å²) >= 11 is 6.09. The van der Waals surface area contributed by atoms with Gasteiger partial charge in [0.05, 0.1) is 16.4 Å². The zero-order valence-corrected chi connectivity index (χ0v) is 18.4. The Balaban J connectivity index is 1.43. The number of hydrogen-bond donors (Lipinski definition) is 1. The molecule has 0 bridgehead atoms. The highest BCUT2D eigenvalue weighted by Gasteiger charge is 2.15. The Labute approximate surface area is 196 Å². The van der Waals surface area contributed by atoms with Crippen LogP contribution in [0.2, 0.25) is 5.02 Å². The zero-order valence-electron chi connectivity index (χ0n) is 17.6. The van der Waals surface area contributed by atoms with Gasteiger partial charge in [0.2, 0.25) is 0 Å². The van der Waals surface area contributed by atoms with Crippen LogP contribution in [0.15, 0.2) is 103 Å². The van der Waals surface area contributed by atoms with Crippen molar-refractivity contribution in [3.63, 3.8) is 0 Å². The number of halogens is 2. The summed E-state index contributed by atoms with van der Waals surface area (Å²) in [6, 6.07) is 32.4. The third-order valence-electron chi connectivity index (χ3n) is 5.39. The molecule has 5 heteroatoms. The molecule has 0 aliphatic heterocycles. The summed E-state index contributed by atoms with van der Waals surface area (Å²) < 4.78 is 19.7. The number of ether oxygens (including phenoxy) is 1. The molecule has 0 unspecified atom stereocenters. The number of rotatable bonds is 6. The first kappa shape index (κ1) is 21.0. The minimum atomic E-state index is -0.378. The lowest BCUT2D eigenvalue weighted by Crippen LogP contribution is -1.99. The summed E-state index contributed by atoms with van der Waals surface area (Å²) in [4.78, 5) is 8.40. The van der Waals surface area contributed by atoms with Crippen molar-refractivity contribution in [2.75, 3.05) is 0 Å². The molecule has 0 aliphatic carbocycles. The van der Waals surface area contributed by atoms with Crippen molar-refractivity contribution >= 4 is 11.6 Å². The number of hydrogen-bond acceptors (Lipinski definition) is 2. The third kappa shape index (κ3) is 4.52. The lowest BCUT2D eigenvalue weighted by Gasteiger charge is -2.09. The van der Waals surface area contributed by atoms with E-state index >= 15 is 0 Å². The monoisotopic (exact) mass is 454 g/mol.